The van der Waals surface area contributed by atoms with Crippen molar-refractivity contribution in [2.75, 3.05) is 6.56 Å². The summed E-state index contributed by atoms with van der Waals surface area (Å²) in [6.07, 6.45) is 11.7. The molecule has 0 N–H and O–H groups in total. The Labute approximate surface area is 145 Å². The zero-order valence-electron chi connectivity index (χ0n) is 14.8. The highest BCUT2D eigenvalue weighted by Crippen LogP contribution is 2.23. The van der Waals surface area contributed by atoms with Crippen molar-refractivity contribution in [2.45, 2.75) is 6.42 Å². The Balaban J connectivity index is 2.22. The van der Waals surface area contributed by atoms with Crippen LogP contribution in [0.25, 0.3) is 0 Å². The van der Waals surface area contributed by atoms with Crippen LogP contribution in [0.1, 0.15) is 19.5 Å². The lowest BCUT2D eigenvalue weighted by molar-refractivity contribution is -0.394. The van der Waals surface area contributed by atoms with Crippen LogP contribution in [0.5, 0.6) is 0 Å². The number of allylic oxidation sites excluding steroid dienone is 7. The Morgan fingerprint density at radius 1 is 1.00 bits per heavy atom. The van der Waals surface area contributed by atoms with Crippen LogP contribution < -0.4 is 0 Å². The van der Waals surface area contributed by atoms with E-state index < -0.39 is 39.3 Å². The quantitative estimate of drug-likeness (QED) is 0.442. The summed E-state index contributed by atoms with van der Waals surface area (Å²) in [5.74, 6) is -1.24. The van der Waals surface area contributed by atoms with Crippen LogP contribution in [-0.4, -0.2) is 22.4 Å². The first kappa shape index (κ1) is 15.0. The van der Waals surface area contributed by atoms with Crippen molar-refractivity contribution in [1.82, 2.24) is 0 Å². The highest BCUT2D eigenvalue weighted by molar-refractivity contribution is 5.91. The molecule has 0 saturated heterocycles. The third-order valence-corrected chi connectivity index (χ3v) is 3.07. The van der Waals surface area contributed by atoms with E-state index in [2.05, 4.69) is 0 Å². The van der Waals surface area contributed by atoms with Crippen molar-refractivity contribution < 1.29 is 22.1 Å². The Hall–Kier alpha value is -3.55. The van der Waals surface area contributed by atoms with Crippen molar-refractivity contribution >= 4 is 17.3 Å². The maximum atomic E-state index is 12.2. The zero-order valence-corrected chi connectivity index (χ0v) is 12.8. The van der Waals surface area contributed by atoms with Crippen LogP contribution >= 0.6 is 0 Å². The number of rotatable bonds is 6. The van der Waals surface area contributed by atoms with E-state index in [4.69, 9.17) is 7.48 Å². The van der Waals surface area contributed by atoms with Crippen molar-refractivity contribution in [3.63, 3.8) is 0 Å². The summed E-state index contributed by atoms with van der Waals surface area (Å²) >= 11 is 0. The average molecular weight is 344 g/mol. The third kappa shape index (κ3) is 5.24. The zero-order chi connectivity index (χ0) is 20.0. The first-order chi connectivity index (χ1) is 12.7. The highest BCUT2D eigenvalue weighted by Gasteiger charge is 2.20. The van der Waals surface area contributed by atoms with Crippen molar-refractivity contribution in [3.8, 4) is 0 Å². The number of non-ortho nitro benzene ring substituents is 2. The lowest BCUT2D eigenvalue weighted by Gasteiger charge is -2.06. The number of esters is 1. The van der Waals surface area contributed by atoms with E-state index in [0.717, 1.165) is 12.1 Å². The fourth-order valence-corrected chi connectivity index (χ4v) is 1.89. The summed E-state index contributed by atoms with van der Waals surface area (Å²) in [5, 5.41) is 21.8. The molecular formula is C17H14N2O6. The second-order valence-electron chi connectivity index (χ2n) is 4.83. The van der Waals surface area contributed by atoms with E-state index in [0.29, 0.717) is 11.6 Å². The topological polar surface area (TPSA) is 113 Å². The summed E-state index contributed by atoms with van der Waals surface area (Å²) in [4.78, 5) is 32.2. The summed E-state index contributed by atoms with van der Waals surface area (Å²) in [7, 11) is 0. The van der Waals surface area contributed by atoms with E-state index in [9.17, 15) is 25.0 Å². The molecule has 0 heterocycles. The van der Waals surface area contributed by atoms with E-state index >= 15 is 0 Å². The average Bonchev–Trinajstić information content (AvgIpc) is 2.56. The molecule has 1 aliphatic carbocycles. The van der Waals surface area contributed by atoms with Gasteiger partial charge in [0.2, 0.25) is 0 Å². The molecule has 1 aliphatic rings. The second kappa shape index (κ2) is 8.34. The first-order valence-electron chi connectivity index (χ1n) is 8.06. The number of carbonyl (C=O) groups is 1. The predicted octanol–water partition coefficient (Wildman–Crippen LogP) is 3.66. The molecule has 0 spiro atoms. The van der Waals surface area contributed by atoms with Gasteiger partial charge in [-0.25, -0.2) is 4.79 Å². The molecule has 8 nitrogen and oxygen atoms in total. The molecule has 0 bridgehead atoms. The summed E-state index contributed by atoms with van der Waals surface area (Å²) in [6.45, 7) is -2.43. The molecule has 8 heteroatoms. The number of hydrogen-bond donors (Lipinski definition) is 0. The van der Waals surface area contributed by atoms with E-state index in [-0.39, 0.29) is 6.42 Å². The molecule has 2 rings (SSSR count). The molecule has 0 fully saturated rings. The van der Waals surface area contributed by atoms with E-state index in [1.54, 1.807) is 42.5 Å². The van der Waals surface area contributed by atoms with Crippen LogP contribution in [0.3, 0.4) is 0 Å². The first-order valence-corrected chi connectivity index (χ1v) is 7.06. The predicted molar refractivity (Wildman–Crippen MR) is 90.2 cm³/mol. The van der Waals surface area contributed by atoms with E-state index in [1.165, 1.54) is 0 Å². The highest BCUT2D eigenvalue weighted by atomic mass is 16.6. The van der Waals surface area contributed by atoms with Gasteiger partial charge in [0.15, 0.2) is 0 Å². The number of carbonyl (C=O) groups excluding carboxylic acids is 1. The minimum atomic E-state index is -2.43. The number of ether oxygens (including phenoxy) is 1. The van der Waals surface area contributed by atoms with Crippen LogP contribution in [0.4, 0.5) is 11.4 Å². The van der Waals surface area contributed by atoms with Gasteiger partial charge in [-0.3, -0.25) is 20.2 Å². The maximum Gasteiger partial charge on any atom is 0.338 e. The molecule has 1 aromatic carbocycles. The molecule has 0 unspecified atom stereocenters. The lowest BCUT2D eigenvalue weighted by Crippen LogP contribution is -2.08. The summed E-state index contributed by atoms with van der Waals surface area (Å²) < 4.78 is 20.6. The number of benzene rings is 1. The normalized spacial score (nSPS) is 20.6. The molecule has 128 valence electrons. The Morgan fingerprint density at radius 3 is 2.24 bits per heavy atom. The second-order valence-corrected chi connectivity index (χ2v) is 4.83. The SMILES string of the molecule is [2H]C([2H])(CC1=C/C=C\C=C/C=C\1)OC(=O)c1cc([N+](=O)[O-])cc([N+](=O)[O-])c1. The van der Waals surface area contributed by atoms with Gasteiger partial charge in [-0.05, 0) is 5.57 Å². The minimum absolute atomic E-state index is 0.273. The molecule has 0 radical (unpaired) electrons. The molecule has 0 amide bonds. The van der Waals surface area contributed by atoms with Gasteiger partial charge < -0.3 is 4.74 Å². The summed E-state index contributed by atoms with van der Waals surface area (Å²) in [6, 6.07) is 2.30. The molecule has 0 saturated carbocycles. The van der Waals surface area contributed by atoms with Crippen molar-refractivity contribution in [2.24, 2.45) is 0 Å². The monoisotopic (exact) mass is 344 g/mol. The number of nitro benzene ring substituents is 2. The van der Waals surface area contributed by atoms with Gasteiger partial charge in [0.1, 0.15) is 0 Å². The Bertz CT molecular complexity index is 870. The Kier molecular flexibility index (Phi) is 5.01. The van der Waals surface area contributed by atoms with E-state index in [1.807, 2.05) is 0 Å². The lowest BCUT2D eigenvalue weighted by atomic mass is 10.1. The van der Waals surface area contributed by atoms with Crippen molar-refractivity contribution in [1.29, 1.82) is 0 Å². The molecule has 0 aromatic heterocycles. The molecular weight excluding hydrogens is 328 g/mol. The third-order valence-electron chi connectivity index (χ3n) is 3.07. The van der Waals surface area contributed by atoms with Crippen LogP contribution in [0.2, 0.25) is 0 Å². The fourth-order valence-electron chi connectivity index (χ4n) is 1.89. The minimum Gasteiger partial charge on any atom is -0.462 e. The largest absolute Gasteiger partial charge is 0.462 e. The van der Waals surface area contributed by atoms with Gasteiger partial charge in [0.05, 0.1) is 30.8 Å². The van der Waals surface area contributed by atoms with Gasteiger partial charge >= 0.3 is 5.97 Å². The smallest absolute Gasteiger partial charge is 0.338 e. The maximum absolute atomic E-state index is 12.2. The number of hydrogen-bond acceptors (Lipinski definition) is 6. The Morgan fingerprint density at radius 2 is 1.60 bits per heavy atom. The van der Waals surface area contributed by atoms with Crippen LogP contribution in [-0.2, 0) is 4.74 Å². The summed E-state index contributed by atoms with van der Waals surface area (Å²) in [5.41, 5.74) is -1.28. The van der Waals surface area contributed by atoms with Gasteiger partial charge in [-0.1, -0.05) is 42.5 Å². The van der Waals surface area contributed by atoms with Crippen LogP contribution in [0.15, 0.2) is 66.3 Å². The van der Waals surface area contributed by atoms with Crippen molar-refractivity contribution in [3.05, 3.63) is 92.1 Å². The van der Waals surface area contributed by atoms with Gasteiger partial charge in [0, 0.05) is 18.6 Å². The standard InChI is InChI=1S/C17H14N2O6/c20-17(25-9-8-13-6-4-2-1-3-5-7-13)14-10-15(18(21)22)12-16(11-14)19(23)24/h1-7,10-12H,8-9H2/b2-1-,3-1?,4-2?,5-3-,6-4-,7-5?,13-6?,13-7+/i9D2. The van der Waals surface area contributed by atoms with Gasteiger partial charge in [-0.2, -0.15) is 0 Å². The molecule has 0 atom stereocenters. The number of nitrogens with zero attached hydrogens (tertiary/aromatic N) is 2. The number of nitro groups is 2. The molecule has 25 heavy (non-hydrogen) atoms. The van der Waals surface area contributed by atoms with Gasteiger partial charge in [-0.15, -0.1) is 0 Å². The molecule has 1 aromatic rings. The fraction of sp³-hybridized carbons (Fsp3) is 0.118. The van der Waals surface area contributed by atoms with Crippen LogP contribution in [0, 0.1) is 20.2 Å². The van der Waals surface area contributed by atoms with Gasteiger partial charge in [0.25, 0.3) is 11.4 Å². The molecule has 0 aliphatic heterocycles.